The second-order valence-corrected chi connectivity index (χ2v) is 8.67. The van der Waals surface area contributed by atoms with Gasteiger partial charge in [-0.2, -0.15) is 0 Å². The summed E-state index contributed by atoms with van der Waals surface area (Å²) in [4.78, 5) is 19.1. The van der Waals surface area contributed by atoms with Crippen LogP contribution in [0.3, 0.4) is 0 Å². The molecule has 1 aromatic carbocycles. The van der Waals surface area contributed by atoms with Crippen molar-refractivity contribution in [3.8, 4) is 0 Å². The van der Waals surface area contributed by atoms with Gasteiger partial charge in [0.1, 0.15) is 10.8 Å². The van der Waals surface area contributed by atoms with Gasteiger partial charge in [-0.3, -0.25) is 4.79 Å². The molecule has 0 unspecified atom stereocenters. The fourth-order valence-corrected chi connectivity index (χ4v) is 4.73. The normalized spacial score (nSPS) is 15.3. The molecule has 0 N–H and O–H groups in total. The van der Waals surface area contributed by atoms with Gasteiger partial charge in [0.15, 0.2) is 5.16 Å². The quantitative estimate of drug-likeness (QED) is 0.605. The second kappa shape index (κ2) is 7.00. The molecule has 1 fully saturated rings. The van der Waals surface area contributed by atoms with E-state index in [-0.39, 0.29) is 11.9 Å². The third-order valence-corrected chi connectivity index (χ3v) is 6.99. The van der Waals surface area contributed by atoms with Gasteiger partial charge < -0.3 is 9.47 Å². The average molecular weight is 388 g/mol. The Bertz CT molecular complexity index is 913. The van der Waals surface area contributed by atoms with Crippen LogP contribution in [0.25, 0.3) is 10.2 Å². The van der Waals surface area contributed by atoms with Gasteiger partial charge in [-0.05, 0) is 31.9 Å². The van der Waals surface area contributed by atoms with E-state index >= 15 is 0 Å². The second-order valence-electron chi connectivity index (χ2n) is 6.66. The van der Waals surface area contributed by atoms with Crippen molar-refractivity contribution in [3.05, 3.63) is 35.1 Å². The zero-order chi connectivity index (χ0) is 18.3. The molecule has 0 radical (unpaired) electrons. The van der Waals surface area contributed by atoms with Crippen molar-refractivity contribution in [2.45, 2.75) is 36.9 Å². The number of hydrogen-bond acceptors (Lipinski definition) is 6. The Morgan fingerprint density at radius 2 is 2.15 bits per heavy atom. The summed E-state index contributed by atoms with van der Waals surface area (Å²) in [6.07, 6.45) is 2.38. The lowest BCUT2D eigenvalue weighted by Crippen LogP contribution is -2.31. The minimum absolute atomic E-state index is 0.0537. The van der Waals surface area contributed by atoms with Crippen LogP contribution in [0.4, 0.5) is 0 Å². The Hall–Kier alpha value is -1.93. The van der Waals surface area contributed by atoms with Crippen LogP contribution in [-0.4, -0.2) is 43.4 Å². The molecule has 26 heavy (non-hydrogen) atoms. The van der Waals surface area contributed by atoms with E-state index in [9.17, 15) is 4.79 Å². The lowest BCUT2D eigenvalue weighted by Gasteiger charge is -2.23. The number of carbonyl (C=O) groups is 1. The van der Waals surface area contributed by atoms with Crippen molar-refractivity contribution >= 4 is 39.2 Å². The van der Waals surface area contributed by atoms with Crippen molar-refractivity contribution in [1.29, 1.82) is 0 Å². The molecule has 4 rings (SSSR count). The minimum atomic E-state index is -0.0537. The van der Waals surface area contributed by atoms with E-state index in [1.54, 1.807) is 16.2 Å². The van der Waals surface area contributed by atoms with Crippen molar-refractivity contribution in [3.63, 3.8) is 0 Å². The minimum Gasteiger partial charge on any atom is -0.336 e. The van der Waals surface area contributed by atoms with Gasteiger partial charge in [-0.15, -0.1) is 21.5 Å². The van der Waals surface area contributed by atoms with Gasteiger partial charge in [-0.25, -0.2) is 4.98 Å². The zero-order valence-corrected chi connectivity index (χ0v) is 16.7. The molecule has 0 bridgehead atoms. The molecule has 1 aliphatic carbocycles. The Morgan fingerprint density at radius 1 is 1.38 bits per heavy atom. The summed E-state index contributed by atoms with van der Waals surface area (Å²) < 4.78 is 3.17. The van der Waals surface area contributed by atoms with Crippen LogP contribution in [0.1, 0.15) is 42.6 Å². The van der Waals surface area contributed by atoms with Gasteiger partial charge in [0, 0.05) is 20.0 Å². The summed E-state index contributed by atoms with van der Waals surface area (Å²) in [5.74, 6) is 2.01. The first-order chi connectivity index (χ1) is 12.5. The molecule has 6 nitrogen and oxygen atoms in total. The number of amides is 1. The number of benzene rings is 1. The highest BCUT2D eigenvalue weighted by Gasteiger charge is 2.29. The number of rotatable bonds is 6. The Morgan fingerprint density at radius 3 is 2.88 bits per heavy atom. The molecule has 1 saturated carbocycles. The van der Waals surface area contributed by atoms with Crippen LogP contribution in [0.2, 0.25) is 0 Å². The SMILES string of the molecule is C[C@H](c1nc2ccccc2s1)N(C)C(=O)CSc1nnc(C2CC2)n1C. The van der Waals surface area contributed by atoms with Crippen molar-refractivity contribution < 1.29 is 4.79 Å². The Balaban J connectivity index is 1.40. The fourth-order valence-electron chi connectivity index (χ4n) is 2.83. The molecule has 8 heteroatoms. The zero-order valence-electron chi connectivity index (χ0n) is 15.0. The number of fused-ring (bicyclic) bond motifs is 1. The predicted octanol–water partition coefficient (Wildman–Crippen LogP) is 3.61. The van der Waals surface area contributed by atoms with Gasteiger partial charge in [0.05, 0.1) is 22.0 Å². The predicted molar refractivity (Wildman–Crippen MR) is 105 cm³/mol. The average Bonchev–Trinajstić information content (AvgIpc) is 3.28. The molecular weight excluding hydrogens is 366 g/mol. The summed E-state index contributed by atoms with van der Waals surface area (Å²) in [6.45, 7) is 2.02. The molecule has 2 aromatic heterocycles. The first kappa shape index (κ1) is 17.5. The molecular formula is C18H21N5OS2. The third kappa shape index (κ3) is 3.35. The summed E-state index contributed by atoms with van der Waals surface area (Å²) >= 11 is 3.09. The molecule has 2 heterocycles. The van der Waals surface area contributed by atoms with Crippen LogP contribution >= 0.6 is 23.1 Å². The summed E-state index contributed by atoms with van der Waals surface area (Å²) in [7, 11) is 3.82. The summed E-state index contributed by atoms with van der Waals surface area (Å²) in [6, 6.07) is 8.01. The van der Waals surface area contributed by atoms with Gasteiger partial charge in [-0.1, -0.05) is 23.9 Å². The van der Waals surface area contributed by atoms with Crippen molar-refractivity contribution in [2.75, 3.05) is 12.8 Å². The topological polar surface area (TPSA) is 63.9 Å². The lowest BCUT2D eigenvalue weighted by molar-refractivity contribution is -0.128. The number of thiazole rings is 1. The standard InChI is InChI=1S/C18H21N5OS2/c1-11(17-19-13-6-4-5-7-14(13)26-17)22(2)15(24)10-25-18-21-20-16(23(18)3)12-8-9-12/h4-7,11-12H,8-10H2,1-3H3/t11-/m1/s1. The van der Waals surface area contributed by atoms with Crippen LogP contribution in [-0.2, 0) is 11.8 Å². The van der Waals surface area contributed by atoms with Crippen LogP contribution < -0.4 is 0 Å². The Kier molecular flexibility index (Phi) is 4.71. The van der Waals surface area contributed by atoms with Crippen LogP contribution in [0, 0.1) is 0 Å². The van der Waals surface area contributed by atoms with Gasteiger partial charge in [0.2, 0.25) is 5.91 Å². The maximum absolute atomic E-state index is 12.6. The smallest absolute Gasteiger partial charge is 0.233 e. The maximum atomic E-state index is 12.6. The van der Waals surface area contributed by atoms with Crippen molar-refractivity contribution in [1.82, 2.24) is 24.6 Å². The first-order valence-electron chi connectivity index (χ1n) is 8.68. The van der Waals surface area contributed by atoms with E-state index in [2.05, 4.69) is 21.2 Å². The number of carbonyl (C=O) groups excluding carboxylic acids is 1. The molecule has 0 aliphatic heterocycles. The monoisotopic (exact) mass is 387 g/mol. The summed E-state index contributed by atoms with van der Waals surface area (Å²) in [5.41, 5.74) is 0.987. The van der Waals surface area contributed by atoms with Crippen LogP contribution in [0.15, 0.2) is 29.4 Å². The number of hydrogen-bond donors (Lipinski definition) is 0. The number of para-hydroxylation sites is 1. The van der Waals surface area contributed by atoms with Gasteiger partial charge >= 0.3 is 0 Å². The number of thioether (sulfide) groups is 1. The molecule has 0 spiro atoms. The van der Waals surface area contributed by atoms with Crippen LogP contribution in [0.5, 0.6) is 0 Å². The van der Waals surface area contributed by atoms with E-state index in [0.717, 1.165) is 26.2 Å². The molecule has 1 amide bonds. The Labute approximate surface area is 160 Å². The van der Waals surface area contributed by atoms with E-state index in [1.165, 1.54) is 24.6 Å². The van der Waals surface area contributed by atoms with E-state index in [4.69, 9.17) is 0 Å². The molecule has 3 aromatic rings. The number of nitrogens with zero attached hydrogens (tertiary/aromatic N) is 5. The molecule has 0 saturated heterocycles. The first-order valence-corrected chi connectivity index (χ1v) is 10.5. The highest BCUT2D eigenvalue weighted by molar-refractivity contribution is 7.99. The van der Waals surface area contributed by atoms with E-state index < -0.39 is 0 Å². The van der Waals surface area contributed by atoms with Gasteiger partial charge in [0.25, 0.3) is 0 Å². The lowest BCUT2D eigenvalue weighted by atomic mass is 10.3. The molecule has 136 valence electrons. The van der Waals surface area contributed by atoms with Crippen molar-refractivity contribution in [2.24, 2.45) is 7.05 Å². The highest BCUT2D eigenvalue weighted by Crippen LogP contribution is 2.39. The fraction of sp³-hybridized carbons (Fsp3) is 0.444. The molecule has 1 aliphatic rings. The maximum Gasteiger partial charge on any atom is 0.233 e. The van der Waals surface area contributed by atoms with E-state index in [0.29, 0.717) is 11.7 Å². The third-order valence-electron chi connectivity index (χ3n) is 4.78. The largest absolute Gasteiger partial charge is 0.336 e. The number of aromatic nitrogens is 4. The summed E-state index contributed by atoms with van der Waals surface area (Å²) in [5, 5.41) is 10.3. The van der Waals surface area contributed by atoms with E-state index in [1.807, 2.05) is 43.8 Å². The molecule has 1 atom stereocenters. The highest BCUT2D eigenvalue weighted by atomic mass is 32.2.